The molecule has 0 spiro atoms. The van der Waals surface area contributed by atoms with Crippen LogP contribution in [0.4, 0.5) is 10.6 Å². The van der Waals surface area contributed by atoms with Crippen LogP contribution in [0.1, 0.15) is 44.2 Å². The van der Waals surface area contributed by atoms with Gasteiger partial charge in [-0.25, -0.2) is 24.8 Å². The van der Waals surface area contributed by atoms with Crippen LogP contribution >= 0.6 is 0 Å². The van der Waals surface area contributed by atoms with Gasteiger partial charge in [0, 0.05) is 38.1 Å². The zero-order valence-electron chi connectivity index (χ0n) is 23.1. The first-order valence-electron chi connectivity index (χ1n) is 13.7. The van der Waals surface area contributed by atoms with Crippen LogP contribution in [0, 0.1) is 17.4 Å². The van der Waals surface area contributed by atoms with E-state index in [9.17, 15) is 19.8 Å². The topological polar surface area (TPSA) is 181 Å². The highest BCUT2D eigenvalue weighted by atomic mass is 16.3. The Balaban J connectivity index is 1.32. The van der Waals surface area contributed by atoms with Crippen molar-refractivity contribution in [2.75, 3.05) is 19.6 Å². The standard InChI is InChI=1S/C27H32N10O4/c1-14(2)16-7-6-15(3)36(11-16)27(41)35-10-9-34-12-17(30-24(34)18(38)13-35)20-21(26(40)32-25(20)39)22-23(33-28)31-19-5-4-8-29-37(19)22/h4-5,8,12,14-16,28,32,39-40H,6-7,9-11,13H2,1-3H3. The third-order valence-electron chi connectivity index (χ3n) is 8.28. The summed E-state index contributed by atoms with van der Waals surface area (Å²) < 4.78 is 3.07. The van der Waals surface area contributed by atoms with Crippen LogP contribution in [-0.2, 0) is 6.54 Å². The van der Waals surface area contributed by atoms with Crippen molar-refractivity contribution in [1.82, 2.24) is 38.9 Å². The number of ketones is 1. The van der Waals surface area contributed by atoms with Crippen molar-refractivity contribution in [2.45, 2.75) is 46.2 Å². The fraction of sp³-hybridized carbons (Fsp3) is 0.444. The summed E-state index contributed by atoms with van der Waals surface area (Å²) in [4.78, 5) is 41.8. The van der Waals surface area contributed by atoms with Crippen LogP contribution in [0.15, 0.2) is 29.6 Å². The van der Waals surface area contributed by atoms with Gasteiger partial charge in [-0.1, -0.05) is 13.8 Å². The fourth-order valence-electron chi connectivity index (χ4n) is 5.90. The molecule has 0 aliphatic carbocycles. The van der Waals surface area contributed by atoms with E-state index in [1.807, 2.05) is 4.90 Å². The average Bonchev–Trinajstić information content (AvgIpc) is 3.59. The third-order valence-corrected chi connectivity index (χ3v) is 8.28. The summed E-state index contributed by atoms with van der Waals surface area (Å²) in [7, 11) is 0. The number of aromatic nitrogens is 6. The van der Waals surface area contributed by atoms with E-state index in [4.69, 9.17) is 5.53 Å². The number of urea groups is 1. The first-order chi connectivity index (χ1) is 19.7. The van der Waals surface area contributed by atoms with Gasteiger partial charge in [-0.3, -0.25) is 9.78 Å². The molecule has 1 fully saturated rings. The van der Waals surface area contributed by atoms with E-state index in [0.717, 1.165) is 12.8 Å². The van der Waals surface area contributed by atoms with Gasteiger partial charge in [0.25, 0.3) is 0 Å². The van der Waals surface area contributed by atoms with Gasteiger partial charge < -0.3 is 24.6 Å². The number of imidazole rings is 2. The number of nitrogens with zero attached hydrogens (tertiary/aromatic N) is 8. The maximum absolute atomic E-state index is 13.5. The molecule has 6 rings (SSSR count). The number of carbonyl (C=O) groups excluding carboxylic acids is 2. The minimum atomic E-state index is -0.392. The van der Waals surface area contributed by atoms with Gasteiger partial charge in [0.1, 0.15) is 5.69 Å². The predicted octanol–water partition coefficient (Wildman–Crippen LogP) is 4.04. The number of aromatic amines is 1. The van der Waals surface area contributed by atoms with Crippen molar-refractivity contribution in [3.8, 4) is 34.3 Å². The highest BCUT2D eigenvalue weighted by Gasteiger charge is 2.36. The van der Waals surface area contributed by atoms with Gasteiger partial charge in [-0.15, -0.1) is 5.11 Å². The Hall–Kier alpha value is -4.75. The monoisotopic (exact) mass is 560 g/mol. The highest BCUT2D eigenvalue weighted by molar-refractivity contribution is 5.98. The molecule has 2 unspecified atom stereocenters. The molecule has 0 radical (unpaired) electrons. The number of nitrogens with one attached hydrogen (secondary N) is 2. The Morgan fingerprint density at radius 3 is 2.71 bits per heavy atom. The van der Waals surface area contributed by atoms with Gasteiger partial charge in [0.05, 0.1) is 23.4 Å². The number of likely N-dealkylation sites (tertiary alicyclic amines) is 1. The summed E-state index contributed by atoms with van der Waals surface area (Å²) in [6.45, 7) is 7.63. The summed E-state index contributed by atoms with van der Waals surface area (Å²) in [6, 6.07) is 3.32. The zero-order chi connectivity index (χ0) is 29.0. The molecule has 2 atom stereocenters. The van der Waals surface area contributed by atoms with Crippen molar-refractivity contribution < 1.29 is 19.8 Å². The Labute approximate surface area is 235 Å². The zero-order valence-corrected chi connectivity index (χ0v) is 23.1. The number of hydrogen-bond acceptors (Lipinski definition) is 9. The molecule has 214 valence electrons. The molecule has 2 aliphatic heterocycles. The Morgan fingerprint density at radius 1 is 1.17 bits per heavy atom. The lowest BCUT2D eigenvalue weighted by atomic mass is 9.85. The first kappa shape index (κ1) is 26.5. The molecule has 1 saturated heterocycles. The van der Waals surface area contributed by atoms with E-state index < -0.39 is 5.88 Å². The Bertz CT molecular complexity index is 1670. The number of carbonyl (C=O) groups is 2. The quantitative estimate of drug-likeness (QED) is 0.272. The minimum Gasteiger partial charge on any atom is -0.494 e. The number of Topliss-reactive ketones (excluding diaryl/α,β-unsaturated/α-hetero) is 1. The molecule has 41 heavy (non-hydrogen) atoms. The second-order valence-electron chi connectivity index (χ2n) is 11.1. The smallest absolute Gasteiger partial charge is 0.320 e. The molecule has 2 amide bonds. The van der Waals surface area contributed by atoms with Crippen molar-refractivity contribution in [3.63, 3.8) is 0 Å². The van der Waals surface area contributed by atoms with Gasteiger partial charge in [0.15, 0.2) is 11.5 Å². The summed E-state index contributed by atoms with van der Waals surface area (Å²) in [5, 5.41) is 29.3. The number of H-pyrrole nitrogens is 1. The summed E-state index contributed by atoms with van der Waals surface area (Å²) >= 11 is 0. The largest absolute Gasteiger partial charge is 0.494 e. The lowest BCUT2D eigenvalue weighted by molar-refractivity contribution is 0.0800. The van der Waals surface area contributed by atoms with E-state index in [1.165, 1.54) is 10.7 Å². The van der Waals surface area contributed by atoms with E-state index >= 15 is 0 Å². The van der Waals surface area contributed by atoms with E-state index in [0.29, 0.717) is 37.1 Å². The van der Waals surface area contributed by atoms with Crippen molar-refractivity contribution >= 4 is 23.3 Å². The molecule has 0 saturated carbocycles. The van der Waals surface area contributed by atoms with E-state index in [-0.39, 0.29) is 64.4 Å². The number of rotatable bonds is 4. The molecular formula is C27H32N10O4. The molecule has 0 bridgehead atoms. The Kier molecular flexibility index (Phi) is 6.47. The van der Waals surface area contributed by atoms with Gasteiger partial charge in [0.2, 0.25) is 23.4 Å². The molecule has 4 aromatic heterocycles. The average molecular weight is 561 g/mol. The molecule has 4 N–H and O–H groups in total. The maximum Gasteiger partial charge on any atom is 0.320 e. The van der Waals surface area contributed by atoms with Crippen LogP contribution in [-0.4, -0.2) is 86.6 Å². The normalized spacial score (nSPS) is 19.6. The molecule has 6 heterocycles. The minimum absolute atomic E-state index is 0.0168. The lowest BCUT2D eigenvalue weighted by Crippen LogP contribution is -2.53. The summed E-state index contributed by atoms with van der Waals surface area (Å²) in [5.74, 6) is -0.0599. The van der Waals surface area contributed by atoms with E-state index in [1.54, 1.807) is 27.8 Å². The number of piperidine rings is 1. The van der Waals surface area contributed by atoms with Crippen LogP contribution in [0.3, 0.4) is 0 Å². The van der Waals surface area contributed by atoms with Crippen molar-refractivity contribution in [3.05, 3.63) is 30.4 Å². The summed E-state index contributed by atoms with van der Waals surface area (Å²) in [6.07, 6.45) is 5.16. The van der Waals surface area contributed by atoms with Crippen LogP contribution in [0.5, 0.6) is 11.8 Å². The summed E-state index contributed by atoms with van der Waals surface area (Å²) in [5.41, 5.74) is 8.62. The van der Waals surface area contributed by atoms with Crippen LogP contribution in [0.25, 0.3) is 28.2 Å². The van der Waals surface area contributed by atoms with E-state index in [2.05, 4.69) is 45.9 Å². The van der Waals surface area contributed by atoms with Gasteiger partial charge in [-0.05, 0) is 43.7 Å². The first-order valence-corrected chi connectivity index (χ1v) is 13.7. The molecule has 0 aromatic carbocycles. The second-order valence-corrected chi connectivity index (χ2v) is 11.1. The molecule has 2 aliphatic rings. The lowest BCUT2D eigenvalue weighted by Gasteiger charge is -2.41. The maximum atomic E-state index is 13.5. The molecule has 14 nitrogen and oxygen atoms in total. The molecular weight excluding hydrogens is 528 g/mol. The van der Waals surface area contributed by atoms with Crippen LogP contribution in [0.2, 0.25) is 0 Å². The molecule has 4 aromatic rings. The third kappa shape index (κ3) is 4.39. The Morgan fingerprint density at radius 2 is 1.95 bits per heavy atom. The number of hydrogen-bond donors (Lipinski definition) is 4. The predicted molar refractivity (Wildman–Crippen MR) is 147 cm³/mol. The van der Waals surface area contributed by atoms with Gasteiger partial charge >= 0.3 is 6.03 Å². The number of fused-ring (bicyclic) bond motifs is 2. The highest BCUT2D eigenvalue weighted by Crippen LogP contribution is 2.47. The number of aromatic hydroxyl groups is 2. The fourth-order valence-corrected chi connectivity index (χ4v) is 5.90. The number of amides is 2. The van der Waals surface area contributed by atoms with Gasteiger partial charge in [-0.2, -0.15) is 5.10 Å². The SMILES string of the molecule is CC(C)C1CCC(C)N(C(=O)N2CCn3cc(-c4c(O)[nH]c(O)c4-c4c(N=N)nc5cccnn45)nc3C(=O)C2)C1. The van der Waals surface area contributed by atoms with Crippen molar-refractivity contribution in [2.24, 2.45) is 17.0 Å². The van der Waals surface area contributed by atoms with Crippen LogP contribution < -0.4 is 0 Å². The second kappa shape index (κ2) is 10.0. The molecule has 14 heteroatoms. The van der Waals surface area contributed by atoms with Crippen molar-refractivity contribution in [1.29, 1.82) is 5.53 Å².